The number of anilines is 1. The zero-order valence-corrected chi connectivity index (χ0v) is 15.4. The van der Waals surface area contributed by atoms with Gasteiger partial charge in [0.15, 0.2) is 5.58 Å². The maximum absolute atomic E-state index is 12.1. The van der Waals surface area contributed by atoms with Gasteiger partial charge >= 0.3 is 0 Å². The van der Waals surface area contributed by atoms with Crippen LogP contribution in [-0.2, 0) is 4.79 Å². The van der Waals surface area contributed by atoms with Crippen molar-refractivity contribution < 1.29 is 9.21 Å². The lowest BCUT2D eigenvalue weighted by molar-refractivity contribution is -0.116. The van der Waals surface area contributed by atoms with E-state index < -0.39 is 0 Å². The predicted octanol–water partition coefficient (Wildman–Crippen LogP) is 6.17. The maximum atomic E-state index is 12.1. The van der Waals surface area contributed by atoms with Crippen LogP contribution in [0.25, 0.3) is 33.3 Å². The first-order valence-corrected chi connectivity index (χ1v) is 9.43. The Hall–Kier alpha value is -3.14. The van der Waals surface area contributed by atoms with Gasteiger partial charge in [-0.3, -0.25) is 4.79 Å². The number of carbonyl (C=O) groups excluding carboxylic acids is 1. The number of carbonyl (C=O) groups is 1. The van der Waals surface area contributed by atoms with Gasteiger partial charge in [-0.25, -0.2) is 4.98 Å². The van der Waals surface area contributed by atoms with Crippen molar-refractivity contribution in [3.8, 4) is 11.5 Å². The summed E-state index contributed by atoms with van der Waals surface area (Å²) in [4.78, 5) is 16.8. The number of fused-ring (bicyclic) bond motifs is 3. The minimum absolute atomic E-state index is 0.0455. The van der Waals surface area contributed by atoms with E-state index in [4.69, 9.17) is 9.40 Å². The summed E-state index contributed by atoms with van der Waals surface area (Å²) >= 11 is 0. The van der Waals surface area contributed by atoms with Crippen LogP contribution < -0.4 is 5.32 Å². The minimum Gasteiger partial charge on any atom is -0.436 e. The van der Waals surface area contributed by atoms with Gasteiger partial charge < -0.3 is 9.73 Å². The Morgan fingerprint density at radius 1 is 1.04 bits per heavy atom. The second-order valence-electron chi connectivity index (χ2n) is 6.74. The number of nitrogens with zero attached hydrogens (tertiary/aromatic N) is 1. The Morgan fingerprint density at radius 3 is 2.81 bits per heavy atom. The topological polar surface area (TPSA) is 55.1 Å². The van der Waals surface area contributed by atoms with Crippen molar-refractivity contribution in [2.24, 2.45) is 0 Å². The number of oxazole rings is 1. The Morgan fingerprint density at radius 2 is 1.93 bits per heavy atom. The molecular formula is C23H22N2O2. The van der Waals surface area contributed by atoms with E-state index in [1.54, 1.807) is 0 Å². The smallest absolute Gasteiger partial charge is 0.227 e. The Balaban J connectivity index is 1.62. The maximum Gasteiger partial charge on any atom is 0.227 e. The number of aromatic nitrogens is 1. The fourth-order valence-corrected chi connectivity index (χ4v) is 3.27. The molecule has 27 heavy (non-hydrogen) atoms. The van der Waals surface area contributed by atoms with Crippen molar-refractivity contribution >= 4 is 33.5 Å². The van der Waals surface area contributed by atoms with Crippen molar-refractivity contribution in [3.63, 3.8) is 0 Å². The molecule has 4 aromatic rings. The lowest BCUT2D eigenvalue weighted by atomic mass is 10.1. The minimum atomic E-state index is 0.0455. The average molecular weight is 358 g/mol. The summed E-state index contributed by atoms with van der Waals surface area (Å²) < 4.78 is 5.98. The molecule has 1 amide bonds. The molecule has 4 nitrogen and oxygen atoms in total. The summed E-state index contributed by atoms with van der Waals surface area (Å²) in [6.45, 7) is 2.13. The number of hydrogen-bond acceptors (Lipinski definition) is 3. The van der Waals surface area contributed by atoms with Crippen LogP contribution in [0.3, 0.4) is 0 Å². The third kappa shape index (κ3) is 3.70. The highest BCUT2D eigenvalue weighted by atomic mass is 16.3. The van der Waals surface area contributed by atoms with Gasteiger partial charge in [-0.2, -0.15) is 0 Å². The fourth-order valence-electron chi connectivity index (χ4n) is 3.27. The largest absolute Gasteiger partial charge is 0.436 e. The Kier molecular flexibility index (Phi) is 4.88. The van der Waals surface area contributed by atoms with E-state index in [0.29, 0.717) is 12.3 Å². The van der Waals surface area contributed by atoms with Gasteiger partial charge in [0.2, 0.25) is 11.8 Å². The highest BCUT2D eigenvalue weighted by Gasteiger charge is 2.12. The molecule has 1 N–H and O–H groups in total. The van der Waals surface area contributed by atoms with Crippen LogP contribution >= 0.6 is 0 Å². The normalized spacial score (nSPS) is 11.1. The van der Waals surface area contributed by atoms with Gasteiger partial charge in [-0.1, -0.05) is 56.2 Å². The molecule has 4 heteroatoms. The van der Waals surface area contributed by atoms with Crippen molar-refractivity contribution in [2.75, 3.05) is 5.32 Å². The van der Waals surface area contributed by atoms with E-state index in [1.165, 1.54) is 0 Å². The van der Waals surface area contributed by atoms with Crippen molar-refractivity contribution in [3.05, 3.63) is 60.7 Å². The summed E-state index contributed by atoms with van der Waals surface area (Å²) in [6.07, 6.45) is 3.65. The molecule has 0 saturated carbocycles. The molecule has 3 aromatic carbocycles. The SMILES string of the molecule is CCCCCC(=O)Nc1cccc(-c2nc3c(ccc4ccccc43)o2)c1. The van der Waals surface area contributed by atoms with Crippen LogP contribution in [0.5, 0.6) is 0 Å². The zero-order valence-electron chi connectivity index (χ0n) is 15.4. The lowest BCUT2D eigenvalue weighted by Gasteiger charge is -2.06. The van der Waals surface area contributed by atoms with E-state index in [1.807, 2.05) is 48.5 Å². The monoisotopic (exact) mass is 358 g/mol. The standard InChI is InChI=1S/C23H22N2O2/c1-2-3-4-12-21(26)24-18-10-7-9-17(15-18)23-25-22-19-11-6-5-8-16(19)13-14-20(22)27-23/h5-11,13-15H,2-4,12H2,1H3,(H,24,26). The number of amides is 1. The molecular weight excluding hydrogens is 336 g/mol. The first-order chi connectivity index (χ1) is 13.2. The van der Waals surface area contributed by atoms with E-state index in [0.717, 1.165) is 52.4 Å². The van der Waals surface area contributed by atoms with Crippen molar-refractivity contribution in [2.45, 2.75) is 32.6 Å². The number of rotatable bonds is 6. The Bertz CT molecular complexity index is 1100. The summed E-state index contributed by atoms with van der Waals surface area (Å²) in [5, 5.41) is 5.18. The predicted molar refractivity (Wildman–Crippen MR) is 110 cm³/mol. The Labute approximate surface area is 158 Å². The first-order valence-electron chi connectivity index (χ1n) is 9.43. The molecule has 0 atom stereocenters. The van der Waals surface area contributed by atoms with Gasteiger partial charge in [0, 0.05) is 23.1 Å². The third-order valence-electron chi connectivity index (χ3n) is 4.68. The first kappa shape index (κ1) is 17.3. The molecule has 0 unspecified atom stereocenters. The zero-order chi connectivity index (χ0) is 18.6. The molecule has 0 fully saturated rings. The van der Waals surface area contributed by atoms with E-state index >= 15 is 0 Å². The van der Waals surface area contributed by atoms with Crippen LogP contribution in [0, 0.1) is 0 Å². The van der Waals surface area contributed by atoms with E-state index in [-0.39, 0.29) is 5.91 Å². The average Bonchev–Trinajstić information content (AvgIpc) is 3.13. The number of hydrogen-bond donors (Lipinski definition) is 1. The van der Waals surface area contributed by atoms with Crippen LogP contribution in [0.2, 0.25) is 0 Å². The summed E-state index contributed by atoms with van der Waals surface area (Å²) in [5.41, 5.74) is 3.23. The molecule has 136 valence electrons. The van der Waals surface area contributed by atoms with Crippen LogP contribution in [0.4, 0.5) is 5.69 Å². The fraction of sp³-hybridized carbons (Fsp3) is 0.217. The highest BCUT2D eigenvalue weighted by molar-refractivity contribution is 6.04. The van der Waals surface area contributed by atoms with Crippen LogP contribution in [0.15, 0.2) is 65.1 Å². The summed E-state index contributed by atoms with van der Waals surface area (Å²) in [6, 6.07) is 19.8. The van der Waals surface area contributed by atoms with Crippen LogP contribution in [0.1, 0.15) is 32.6 Å². The van der Waals surface area contributed by atoms with Gasteiger partial charge in [0.1, 0.15) is 5.52 Å². The second kappa shape index (κ2) is 7.62. The summed E-state index contributed by atoms with van der Waals surface area (Å²) in [7, 11) is 0. The highest BCUT2D eigenvalue weighted by Crippen LogP contribution is 2.30. The van der Waals surface area contributed by atoms with E-state index in [9.17, 15) is 4.79 Å². The molecule has 0 aliphatic carbocycles. The van der Waals surface area contributed by atoms with Gasteiger partial charge in [-0.15, -0.1) is 0 Å². The molecule has 0 bridgehead atoms. The van der Waals surface area contributed by atoms with E-state index in [2.05, 4.69) is 24.4 Å². The molecule has 4 rings (SSSR count). The lowest BCUT2D eigenvalue weighted by Crippen LogP contribution is -2.10. The number of benzene rings is 3. The molecule has 1 aromatic heterocycles. The van der Waals surface area contributed by atoms with Crippen molar-refractivity contribution in [1.29, 1.82) is 0 Å². The molecule has 0 radical (unpaired) electrons. The molecule has 0 saturated heterocycles. The van der Waals surface area contributed by atoms with Gasteiger partial charge in [0.25, 0.3) is 0 Å². The molecule has 0 aliphatic rings. The van der Waals surface area contributed by atoms with Crippen LogP contribution in [-0.4, -0.2) is 10.9 Å². The number of unbranched alkanes of at least 4 members (excludes halogenated alkanes) is 2. The molecule has 0 aliphatic heterocycles. The van der Waals surface area contributed by atoms with Crippen molar-refractivity contribution in [1.82, 2.24) is 4.98 Å². The molecule has 0 spiro atoms. The van der Waals surface area contributed by atoms with Gasteiger partial charge in [0.05, 0.1) is 0 Å². The number of nitrogens with one attached hydrogen (secondary N) is 1. The molecule has 1 heterocycles. The third-order valence-corrected chi connectivity index (χ3v) is 4.68. The summed E-state index contributed by atoms with van der Waals surface area (Å²) in [5.74, 6) is 0.604. The van der Waals surface area contributed by atoms with Gasteiger partial charge in [-0.05, 0) is 36.1 Å². The quantitative estimate of drug-likeness (QED) is 0.420. The second-order valence-corrected chi connectivity index (χ2v) is 6.74.